The third kappa shape index (κ3) is 4.10. The number of benzene rings is 3. The van der Waals surface area contributed by atoms with Crippen molar-refractivity contribution in [2.24, 2.45) is 0 Å². The van der Waals surface area contributed by atoms with Crippen LogP contribution in [-0.4, -0.2) is 13.7 Å². The first-order valence-corrected chi connectivity index (χ1v) is 10.5. The Balaban J connectivity index is 1.68. The monoisotopic (exact) mass is 411 g/mol. The van der Waals surface area contributed by atoms with Gasteiger partial charge in [-0.1, -0.05) is 30.3 Å². The molecule has 29 heavy (non-hydrogen) atoms. The fourth-order valence-electron chi connectivity index (χ4n) is 3.82. The molecule has 2 nitrogen and oxygen atoms in total. The molecule has 0 spiro atoms. The van der Waals surface area contributed by atoms with Crippen molar-refractivity contribution in [3.8, 4) is 5.75 Å². The van der Waals surface area contributed by atoms with E-state index in [0.717, 1.165) is 34.9 Å². The van der Waals surface area contributed by atoms with Crippen LogP contribution in [0.15, 0.2) is 65.6 Å². The van der Waals surface area contributed by atoms with Crippen molar-refractivity contribution in [3.63, 3.8) is 0 Å². The van der Waals surface area contributed by atoms with Crippen LogP contribution in [0.4, 0.5) is 14.5 Å². The predicted molar refractivity (Wildman–Crippen MR) is 115 cm³/mol. The fourth-order valence-corrected chi connectivity index (χ4v) is 5.20. The van der Waals surface area contributed by atoms with Crippen LogP contribution < -0.4 is 9.64 Å². The highest BCUT2D eigenvalue weighted by atomic mass is 32.2. The van der Waals surface area contributed by atoms with Crippen LogP contribution in [-0.2, 0) is 6.54 Å². The molecule has 0 unspecified atom stereocenters. The second-order valence-corrected chi connectivity index (χ2v) is 8.46. The average Bonchev–Trinajstić information content (AvgIpc) is 2.91. The van der Waals surface area contributed by atoms with Crippen molar-refractivity contribution in [1.82, 2.24) is 0 Å². The molecule has 1 atom stereocenters. The van der Waals surface area contributed by atoms with Crippen molar-refractivity contribution in [1.29, 1.82) is 0 Å². The van der Waals surface area contributed by atoms with E-state index in [4.69, 9.17) is 4.74 Å². The summed E-state index contributed by atoms with van der Waals surface area (Å²) in [6.45, 7) is 2.99. The standard InChI is InChI=1S/C24H23F2NOS/c1-16-5-3-8-23-24(16)27(15-19-20(25)6-4-7-21(19)26)14-13-22(29-23)17-9-11-18(28-2)12-10-17/h3-12,22H,13-15H2,1-2H3/t22-/m1/s1. The summed E-state index contributed by atoms with van der Waals surface area (Å²) in [6, 6.07) is 18.4. The molecule has 0 radical (unpaired) electrons. The van der Waals surface area contributed by atoms with Crippen LogP contribution in [0.25, 0.3) is 0 Å². The Morgan fingerprint density at radius 3 is 2.38 bits per heavy atom. The zero-order valence-electron chi connectivity index (χ0n) is 16.5. The molecule has 1 aliphatic rings. The number of ether oxygens (including phenoxy) is 1. The molecule has 0 aliphatic carbocycles. The molecule has 4 rings (SSSR count). The van der Waals surface area contributed by atoms with Crippen LogP contribution in [0.2, 0.25) is 0 Å². The summed E-state index contributed by atoms with van der Waals surface area (Å²) < 4.78 is 33.9. The van der Waals surface area contributed by atoms with E-state index in [9.17, 15) is 8.78 Å². The van der Waals surface area contributed by atoms with E-state index < -0.39 is 11.6 Å². The number of para-hydroxylation sites is 1. The second-order valence-electron chi connectivity index (χ2n) is 7.21. The van der Waals surface area contributed by atoms with E-state index >= 15 is 0 Å². The SMILES string of the molecule is COc1ccc([C@H]2CCN(Cc3c(F)cccc3F)c3c(C)cccc3S2)cc1. The number of anilines is 1. The zero-order chi connectivity index (χ0) is 20.4. The van der Waals surface area contributed by atoms with Gasteiger partial charge in [0.1, 0.15) is 17.4 Å². The Morgan fingerprint density at radius 2 is 1.69 bits per heavy atom. The molecule has 0 saturated carbocycles. The molecule has 0 amide bonds. The number of thioether (sulfide) groups is 1. The van der Waals surface area contributed by atoms with Gasteiger partial charge in [-0.25, -0.2) is 8.78 Å². The first kappa shape index (κ1) is 19.8. The number of hydrogen-bond acceptors (Lipinski definition) is 3. The smallest absolute Gasteiger partial charge is 0.131 e. The van der Waals surface area contributed by atoms with Gasteiger partial charge in [-0.2, -0.15) is 0 Å². The van der Waals surface area contributed by atoms with Crippen molar-refractivity contribution in [3.05, 3.63) is 89.0 Å². The van der Waals surface area contributed by atoms with Crippen LogP contribution in [0.1, 0.15) is 28.4 Å². The first-order valence-electron chi connectivity index (χ1n) is 9.65. The molecule has 5 heteroatoms. The number of nitrogens with zero attached hydrogens (tertiary/aromatic N) is 1. The number of fused-ring (bicyclic) bond motifs is 1. The van der Waals surface area contributed by atoms with E-state index in [1.807, 2.05) is 30.0 Å². The Hall–Kier alpha value is -2.53. The Kier molecular flexibility index (Phi) is 5.76. The summed E-state index contributed by atoms with van der Waals surface area (Å²) in [4.78, 5) is 3.25. The van der Waals surface area contributed by atoms with Crippen molar-refractivity contribution >= 4 is 17.4 Å². The minimum atomic E-state index is -0.497. The van der Waals surface area contributed by atoms with Crippen molar-refractivity contribution in [2.45, 2.75) is 30.0 Å². The molecule has 0 fully saturated rings. The van der Waals surface area contributed by atoms with Crippen molar-refractivity contribution < 1.29 is 13.5 Å². The molecule has 0 aromatic heterocycles. The Labute approximate surface area is 174 Å². The molecule has 0 saturated heterocycles. The summed E-state index contributed by atoms with van der Waals surface area (Å²) in [6.07, 6.45) is 0.876. The van der Waals surface area contributed by atoms with Gasteiger partial charge in [-0.05, 0) is 54.8 Å². The topological polar surface area (TPSA) is 12.5 Å². The highest BCUT2D eigenvalue weighted by Gasteiger charge is 2.26. The number of rotatable bonds is 4. The Morgan fingerprint density at radius 1 is 1.00 bits per heavy atom. The van der Waals surface area contributed by atoms with Gasteiger partial charge in [-0.15, -0.1) is 11.8 Å². The normalized spacial score (nSPS) is 16.3. The van der Waals surface area contributed by atoms with Crippen LogP contribution in [0, 0.1) is 18.6 Å². The van der Waals surface area contributed by atoms with E-state index in [1.54, 1.807) is 7.11 Å². The summed E-state index contributed by atoms with van der Waals surface area (Å²) in [5.74, 6) is -0.159. The van der Waals surface area contributed by atoms with Crippen LogP contribution >= 0.6 is 11.8 Å². The first-order chi connectivity index (χ1) is 14.1. The molecule has 3 aromatic rings. The molecule has 150 valence electrons. The maximum atomic E-state index is 14.3. The summed E-state index contributed by atoms with van der Waals surface area (Å²) in [5, 5.41) is 0.261. The van der Waals surface area contributed by atoms with E-state index in [0.29, 0.717) is 0 Å². The second kappa shape index (κ2) is 8.46. The molecule has 3 aromatic carbocycles. The summed E-state index contributed by atoms with van der Waals surface area (Å²) >= 11 is 1.81. The van der Waals surface area contributed by atoms with Gasteiger partial charge in [0, 0.05) is 28.8 Å². The maximum Gasteiger partial charge on any atom is 0.131 e. The van der Waals surface area contributed by atoms with Gasteiger partial charge in [-0.3, -0.25) is 0 Å². The number of aryl methyl sites for hydroxylation is 1. The Bertz CT molecular complexity index is 986. The predicted octanol–water partition coefficient (Wildman–Crippen LogP) is 6.53. The fraction of sp³-hybridized carbons (Fsp3) is 0.250. The lowest BCUT2D eigenvalue weighted by Crippen LogP contribution is -2.26. The average molecular weight is 412 g/mol. The molecule has 1 heterocycles. The third-order valence-electron chi connectivity index (χ3n) is 5.35. The van der Waals surface area contributed by atoms with E-state index in [-0.39, 0.29) is 17.4 Å². The minimum absolute atomic E-state index is 0.120. The zero-order valence-corrected chi connectivity index (χ0v) is 17.3. The lowest BCUT2D eigenvalue weighted by molar-refractivity contribution is 0.414. The van der Waals surface area contributed by atoms with E-state index in [1.165, 1.54) is 23.8 Å². The molecular weight excluding hydrogens is 388 g/mol. The van der Waals surface area contributed by atoms with Gasteiger partial charge in [0.05, 0.1) is 12.8 Å². The quantitative estimate of drug-likeness (QED) is 0.485. The molecule has 0 bridgehead atoms. The van der Waals surface area contributed by atoms with Gasteiger partial charge < -0.3 is 9.64 Å². The number of halogens is 2. The molecule has 1 aliphatic heterocycles. The third-order valence-corrected chi connectivity index (χ3v) is 6.72. The van der Waals surface area contributed by atoms with Gasteiger partial charge in [0.15, 0.2) is 0 Å². The molecular formula is C24H23F2NOS. The largest absolute Gasteiger partial charge is 0.497 e. The molecule has 0 N–H and O–H groups in total. The minimum Gasteiger partial charge on any atom is -0.497 e. The number of hydrogen-bond donors (Lipinski definition) is 0. The van der Waals surface area contributed by atoms with Crippen LogP contribution in [0.5, 0.6) is 5.75 Å². The van der Waals surface area contributed by atoms with Gasteiger partial charge in [0.2, 0.25) is 0 Å². The maximum absolute atomic E-state index is 14.3. The lowest BCUT2D eigenvalue weighted by Gasteiger charge is -2.27. The summed E-state index contributed by atoms with van der Waals surface area (Å²) in [7, 11) is 1.66. The van der Waals surface area contributed by atoms with Crippen molar-refractivity contribution in [2.75, 3.05) is 18.6 Å². The van der Waals surface area contributed by atoms with Gasteiger partial charge in [0.25, 0.3) is 0 Å². The summed E-state index contributed by atoms with van der Waals surface area (Å²) in [5.41, 5.74) is 3.52. The highest BCUT2D eigenvalue weighted by molar-refractivity contribution is 7.99. The highest BCUT2D eigenvalue weighted by Crippen LogP contribution is 2.46. The van der Waals surface area contributed by atoms with E-state index in [2.05, 4.69) is 36.1 Å². The number of methoxy groups -OCH3 is 1. The lowest BCUT2D eigenvalue weighted by atomic mass is 10.1. The van der Waals surface area contributed by atoms with Crippen LogP contribution in [0.3, 0.4) is 0 Å². The van der Waals surface area contributed by atoms with Gasteiger partial charge >= 0.3 is 0 Å².